The zero-order valence-corrected chi connectivity index (χ0v) is 12.1. The van der Waals surface area contributed by atoms with E-state index in [9.17, 15) is 9.59 Å². The third kappa shape index (κ3) is 4.61. The van der Waals surface area contributed by atoms with Gasteiger partial charge in [-0.2, -0.15) is 0 Å². The molecule has 5 nitrogen and oxygen atoms in total. The van der Waals surface area contributed by atoms with Crippen molar-refractivity contribution in [3.63, 3.8) is 0 Å². The fourth-order valence-electron chi connectivity index (χ4n) is 1.34. The predicted octanol–water partition coefficient (Wildman–Crippen LogP) is 3.02. The normalized spacial score (nSPS) is 9.89. The van der Waals surface area contributed by atoms with Crippen molar-refractivity contribution in [1.82, 2.24) is 4.90 Å². The van der Waals surface area contributed by atoms with Crippen LogP contribution in [0.25, 0.3) is 0 Å². The van der Waals surface area contributed by atoms with Gasteiger partial charge in [-0.15, -0.1) is 0 Å². The summed E-state index contributed by atoms with van der Waals surface area (Å²) in [5, 5.41) is 3.42. The summed E-state index contributed by atoms with van der Waals surface area (Å²) in [7, 11) is 1.27. The largest absolute Gasteiger partial charge is 0.468 e. The average Bonchev–Trinajstić information content (AvgIpc) is 2.39. The van der Waals surface area contributed by atoms with E-state index in [-0.39, 0.29) is 6.54 Å². The lowest BCUT2D eigenvalue weighted by Gasteiger charge is -2.20. The van der Waals surface area contributed by atoms with Gasteiger partial charge in [0.2, 0.25) is 0 Å². The first-order valence-electron chi connectivity index (χ1n) is 5.55. The molecule has 0 aromatic heterocycles. The van der Waals surface area contributed by atoms with Crippen molar-refractivity contribution in [1.29, 1.82) is 0 Å². The summed E-state index contributed by atoms with van der Waals surface area (Å²) in [6, 6.07) is 4.28. The fraction of sp³-hybridized carbons (Fsp3) is 0.333. The average molecular weight is 305 g/mol. The zero-order valence-electron chi connectivity index (χ0n) is 10.6. The molecule has 1 rings (SSSR count). The first-order chi connectivity index (χ1) is 8.97. The molecule has 2 amide bonds. The highest BCUT2D eigenvalue weighted by molar-refractivity contribution is 6.35. The lowest BCUT2D eigenvalue weighted by atomic mass is 10.3. The quantitative estimate of drug-likeness (QED) is 0.870. The van der Waals surface area contributed by atoms with Crippen molar-refractivity contribution in [2.24, 2.45) is 0 Å². The SMILES string of the molecule is CCN(CC(=O)OC)C(=O)Nc1cc(Cl)ccc1Cl. The number of hydrogen-bond donors (Lipinski definition) is 1. The number of nitrogens with zero attached hydrogens (tertiary/aromatic N) is 1. The number of hydrogen-bond acceptors (Lipinski definition) is 3. The Balaban J connectivity index is 2.76. The van der Waals surface area contributed by atoms with E-state index in [1.807, 2.05) is 0 Å². The molecule has 0 saturated heterocycles. The van der Waals surface area contributed by atoms with Gasteiger partial charge in [0.15, 0.2) is 0 Å². The molecule has 0 fully saturated rings. The summed E-state index contributed by atoms with van der Waals surface area (Å²) in [6.07, 6.45) is 0. The number of urea groups is 1. The lowest BCUT2D eigenvalue weighted by Crippen LogP contribution is -2.39. The van der Waals surface area contributed by atoms with Crippen molar-refractivity contribution in [3.05, 3.63) is 28.2 Å². The first-order valence-corrected chi connectivity index (χ1v) is 6.31. The van der Waals surface area contributed by atoms with E-state index >= 15 is 0 Å². The number of rotatable bonds is 4. The second-order valence-electron chi connectivity index (χ2n) is 3.64. The zero-order chi connectivity index (χ0) is 14.4. The molecule has 0 spiro atoms. The summed E-state index contributed by atoms with van der Waals surface area (Å²) < 4.78 is 4.52. The van der Waals surface area contributed by atoms with Crippen molar-refractivity contribution < 1.29 is 14.3 Å². The number of halogens is 2. The van der Waals surface area contributed by atoms with E-state index in [4.69, 9.17) is 23.2 Å². The van der Waals surface area contributed by atoms with Crippen LogP contribution in [0.5, 0.6) is 0 Å². The van der Waals surface area contributed by atoms with Crippen LogP contribution in [0.2, 0.25) is 10.0 Å². The van der Waals surface area contributed by atoms with Crippen LogP contribution in [0.4, 0.5) is 10.5 Å². The highest BCUT2D eigenvalue weighted by Crippen LogP contribution is 2.25. The number of likely N-dealkylation sites (N-methyl/N-ethyl adjacent to an activating group) is 1. The molecular weight excluding hydrogens is 291 g/mol. The Hall–Kier alpha value is -1.46. The first kappa shape index (κ1) is 15.6. The highest BCUT2D eigenvalue weighted by atomic mass is 35.5. The Labute approximate surface area is 121 Å². The number of ether oxygens (including phenoxy) is 1. The van der Waals surface area contributed by atoms with Gasteiger partial charge in [-0.25, -0.2) is 4.79 Å². The molecule has 1 aromatic rings. The number of nitrogens with one attached hydrogen (secondary N) is 1. The summed E-state index contributed by atoms with van der Waals surface area (Å²) in [6.45, 7) is 1.98. The highest BCUT2D eigenvalue weighted by Gasteiger charge is 2.16. The molecule has 1 N–H and O–H groups in total. The molecule has 19 heavy (non-hydrogen) atoms. The van der Waals surface area contributed by atoms with Gasteiger partial charge in [-0.1, -0.05) is 23.2 Å². The van der Waals surface area contributed by atoms with E-state index in [0.717, 1.165) is 0 Å². The van der Waals surface area contributed by atoms with E-state index in [2.05, 4.69) is 10.1 Å². The third-order valence-corrected chi connectivity index (χ3v) is 2.95. The third-order valence-electron chi connectivity index (χ3n) is 2.39. The molecule has 0 aliphatic carbocycles. The number of benzene rings is 1. The van der Waals surface area contributed by atoms with Gasteiger partial charge in [-0.3, -0.25) is 4.79 Å². The second-order valence-corrected chi connectivity index (χ2v) is 4.49. The van der Waals surface area contributed by atoms with Crippen LogP contribution in [0, 0.1) is 0 Å². The van der Waals surface area contributed by atoms with Gasteiger partial charge < -0.3 is 15.0 Å². The Kier molecular flexibility index (Phi) is 5.92. The standard InChI is InChI=1S/C12H14Cl2N2O3/c1-3-16(7-11(17)19-2)12(18)15-10-6-8(13)4-5-9(10)14/h4-6H,3,7H2,1-2H3,(H,15,18). The maximum absolute atomic E-state index is 12.0. The van der Waals surface area contributed by atoms with Crippen molar-refractivity contribution in [2.45, 2.75) is 6.92 Å². The van der Waals surface area contributed by atoms with Crippen LogP contribution in [-0.2, 0) is 9.53 Å². The van der Waals surface area contributed by atoms with Gasteiger partial charge >= 0.3 is 12.0 Å². The number of methoxy groups -OCH3 is 1. The molecule has 0 aliphatic rings. The van der Waals surface area contributed by atoms with Crippen LogP contribution < -0.4 is 5.32 Å². The summed E-state index contributed by atoms with van der Waals surface area (Å²) in [5.41, 5.74) is 0.391. The number of carbonyl (C=O) groups excluding carboxylic acids is 2. The smallest absolute Gasteiger partial charge is 0.325 e. The summed E-state index contributed by atoms with van der Waals surface area (Å²) in [4.78, 5) is 24.4. The van der Waals surface area contributed by atoms with Gasteiger partial charge in [0.25, 0.3) is 0 Å². The van der Waals surface area contributed by atoms with Gasteiger partial charge in [0.05, 0.1) is 17.8 Å². The molecule has 0 radical (unpaired) electrons. The number of esters is 1. The Morgan fingerprint density at radius 2 is 2.05 bits per heavy atom. The molecule has 0 atom stereocenters. The van der Waals surface area contributed by atoms with Crippen LogP contribution in [0.3, 0.4) is 0 Å². The maximum Gasteiger partial charge on any atom is 0.325 e. The van der Waals surface area contributed by atoms with Crippen LogP contribution in [-0.4, -0.2) is 37.1 Å². The lowest BCUT2D eigenvalue weighted by molar-refractivity contribution is -0.141. The second kappa shape index (κ2) is 7.21. The van der Waals surface area contributed by atoms with Crippen molar-refractivity contribution in [2.75, 3.05) is 25.5 Å². The van der Waals surface area contributed by atoms with Crippen LogP contribution >= 0.6 is 23.2 Å². The van der Waals surface area contributed by atoms with E-state index < -0.39 is 12.0 Å². The van der Waals surface area contributed by atoms with Crippen LogP contribution in [0.1, 0.15) is 6.92 Å². The summed E-state index contributed by atoms with van der Waals surface area (Å²) >= 11 is 11.8. The van der Waals surface area contributed by atoms with Crippen molar-refractivity contribution in [3.8, 4) is 0 Å². The van der Waals surface area contributed by atoms with Crippen LogP contribution in [0.15, 0.2) is 18.2 Å². The molecule has 0 unspecified atom stereocenters. The fourth-order valence-corrected chi connectivity index (χ4v) is 1.67. The maximum atomic E-state index is 12.0. The molecule has 0 aliphatic heterocycles. The van der Waals surface area contributed by atoms with E-state index in [0.29, 0.717) is 22.3 Å². The number of amides is 2. The summed E-state index contributed by atoms with van der Waals surface area (Å²) in [5.74, 6) is -0.491. The minimum atomic E-state index is -0.491. The molecule has 0 saturated carbocycles. The van der Waals surface area contributed by atoms with Gasteiger partial charge in [0, 0.05) is 11.6 Å². The monoisotopic (exact) mass is 304 g/mol. The molecule has 0 bridgehead atoms. The molecular formula is C12H14Cl2N2O3. The predicted molar refractivity (Wildman–Crippen MR) is 74.7 cm³/mol. The topological polar surface area (TPSA) is 58.6 Å². The number of anilines is 1. The van der Waals surface area contributed by atoms with Gasteiger partial charge in [0.1, 0.15) is 6.54 Å². The Morgan fingerprint density at radius 3 is 2.63 bits per heavy atom. The Bertz CT molecular complexity index is 480. The molecule has 104 valence electrons. The number of carbonyl (C=O) groups is 2. The molecule has 7 heteroatoms. The minimum absolute atomic E-state index is 0.128. The van der Waals surface area contributed by atoms with E-state index in [1.54, 1.807) is 19.1 Å². The molecule has 1 aromatic carbocycles. The Morgan fingerprint density at radius 1 is 1.37 bits per heavy atom. The van der Waals surface area contributed by atoms with E-state index in [1.165, 1.54) is 18.1 Å². The van der Waals surface area contributed by atoms with Gasteiger partial charge in [-0.05, 0) is 25.1 Å². The minimum Gasteiger partial charge on any atom is -0.468 e. The molecule has 0 heterocycles. The van der Waals surface area contributed by atoms with Crippen molar-refractivity contribution >= 4 is 40.9 Å².